The molecule has 2 N–H and O–H groups in total. The number of sulfone groups is 1. The number of hydrogen-bond donors (Lipinski definition) is 1. The first kappa shape index (κ1) is 14.9. The number of nitrogens with two attached hydrogens (primary N) is 1. The normalized spacial score (nSPS) is 28.3. The Morgan fingerprint density at radius 1 is 1.35 bits per heavy atom. The molecule has 0 aromatic carbocycles. The maximum atomic E-state index is 12.0. The smallest absolute Gasteiger partial charge is 0.156 e. The van der Waals surface area contributed by atoms with Gasteiger partial charge in [0, 0.05) is 19.1 Å². The minimum absolute atomic E-state index is 0.248. The third-order valence-corrected chi connectivity index (χ3v) is 6.25. The molecule has 1 aliphatic heterocycles. The number of nitrogens with zero attached hydrogens (tertiary/aromatic N) is 1. The number of rotatable bonds is 3. The molecule has 4 nitrogen and oxygen atoms in total. The van der Waals surface area contributed by atoms with Gasteiger partial charge in [0.1, 0.15) is 0 Å². The topological polar surface area (TPSA) is 63.4 Å². The van der Waals surface area contributed by atoms with Crippen LogP contribution in [0.3, 0.4) is 0 Å². The van der Waals surface area contributed by atoms with E-state index in [1.54, 1.807) is 20.8 Å². The second-order valence-electron chi connectivity index (χ2n) is 6.16. The van der Waals surface area contributed by atoms with Crippen molar-refractivity contribution < 1.29 is 8.42 Å². The van der Waals surface area contributed by atoms with Crippen molar-refractivity contribution in [2.45, 2.75) is 44.9 Å². The van der Waals surface area contributed by atoms with Crippen molar-refractivity contribution in [3.63, 3.8) is 0 Å². The SMILES string of the molecule is CC1CN(CCS(=O)(=O)C(C)(C)C)CCC1N. The molecule has 1 fully saturated rings. The molecule has 1 aliphatic rings. The maximum Gasteiger partial charge on any atom is 0.156 e. The highest BCUT2D eigenvalue weighted by Gasteiger charge is 2.30. The van der Waals surface area contributed by atoms with Crippen LogP contribution in [-0.2, 0) is 9.84 Å². The van der Waals surface area contributed by atoms with Gasteiger partial charge < -0.3 is 10.6 Å². The molecule has 0 aliphatic carbocycles. The molecule has 1 rings (SSSR count). The molecule has 0 radical (unpaired) electrons. The summed E-state index contributed by atoms with van der Waals surface area (Å²) >= 11 is 0. The highest BCUT2D eigenvalue weighted by Crippen LogP contribution is 2.18. The average Bonchev–Trinajstić information content (AvgIpc) is 2.18. The summed E-state index contributed by atoms with van der Waals surface area (Å²) in [5, 5.41) is 0. The van der Waals surface area contributed by atoms with E-state index in [1.807, 2.05) is 0 Å². The second kappa shape index (κ2) is 5.24. The van der Waals surface area contributed by atoms with Crippen LogP contribution in [0.5, 0.6) is 0 Å². The third kappa shape index (κ3) is 3.93. The molecule has 2 atom stereocenters. The summed E-state index contributed by atoms with van der Waals surface area (Å²) in [6.07, 6.45) is 0.969. The Bertz CT molecular complexity index is 346. The molecule has 0 spiro atoms. The average molecular weight is 262 g/mol. The van der Waals surface area contributed by atoms with Crippen LogP contribution in [0.4, 0.5) is 0 Å². The van der Waals surface area contributed by atoms with Gasteiger partial charge in [-0.2, -0.15) is 0 Å². The van der Waals surface area contributed by atoms with Crippen LogP contribution in [0.15, 0.2) is 0 Å². The summed E-state index contributed by atoms with van der Waals surface area (Å²) in [5.74, 6) is 0.708. The van der Waals surface area contributed by atoms with Crippen LogP contribution in [0.2, 0.25) is 0 Å². The molecular formula is C12H26N2O2S. The molecule has 0 aromatic rings. The van der Waals surface area contributed by atoms with Crippen molar-refractivity contribution in [2.75, 3.05) is 25.4 Å². The van der Waals surface area contributed by atoms with E-state index < -0.39 is 14.6 Å². The predicted octanol–water partition coefficient (Wildman–Crippen LogP) is 0.869. The van der Waals surface area contributed by atoms with E-state index >= 15 is 0 Å². The fourth-order valence-corrected chi connectivity index (χ4v) is 3.12. The fourth-order valence-electron chi connectivity index (χ4n) is 2.01. The fraction of sp³-hybridized carbons (Fsp3) is 1.00. The molecule has 0 aromatic heterocycles. The summed E-state index contributed by atoms with van der Waals surface area (Å²) in [5.41, 5.74) is 5.95. The zero-order valence-electron chi connectivity index (χ0n) is 11.4. The van der Waals surface area contributed by atoms with E-state index in [0.29, 0.717) is 12.5 Å². The van der Waals surface area contributed by atoms with Gasteiger partial charge >= 0.3 is 0 Å². The van der Waals surface area contributed by atoms with Crippen LogP contribution in [0, 0.1) is 5.92 Å². The molecule has 0 amide bonds. The van der Waals surface area contributed by atoms with Gasteiger partial charge in [-0.1, -0.05) is 6.92 Å². The Labute approximate surface area is 105 Å². The van der Waals surface area contributed by atoms with Crippen molar-refractivity contribution in [2.24, 2.45) is 11.7 Å². The first-order valence-corrected chi connectivity index (χ1v) is 7.99. The molecule has 1 heterocycles. The van der Waals surface area contributed by atoms with Crippen LogP contribution in [0.25, 0.3) is 0 Å². The number of hydrogen-bond acceptors (Lipinski definition) is 4. The lowest BCUT2D eigenvalue weighted by Crippen LogP contribution is -2.47. The standard InChI is InChI=1S/C12H26N2O2S/c1-10-9-14(6-5-11(10)13)7-8-17(15,16)12(2,3)4/h10-11H,5-9,13H2,1-4H3. The second-order valence-corrected chi connectivity index (χ2v) is 9.02. The van der Waals surface area contributed by atoms with Crippen molar-refractivity contribution >= 4 is 9.84 Å². The molecule has 0 saturated carbocycles. The van der Waals surface area contributed by atoms with E-state index in [1.165, 1.54) is 0 Å². The van der Waals surface area contributed by atoms with Gasteiger partial charge in [0.25, 0.3) is 0 Å². The molecule has 2 unspecified atom stereocenters. The van der Waals surface area contributed by atoms with Crippen LogP contribution in [0.1, 0.15) is 34.1 Å². The van der Waals surface area contributed by atoms with Crippen molar-refractivity contribution in [3.8, 4) is 0 Å². The highest BCUT2D eigenvalue weighted by molar-refractivity contribution is 7.92. The van der Waals surface area contributed by atoms with Gasteiger partial charge in [0.2, 0.25) is 0 Å². The van der Waals surface area contributed by atoms with Gasteiger partial charge in [-0.3, -0.25) is 0 Å². The quantitative estimate of drug-likeness (QED) is 0.820. The minimum Gasteiger partial charge on any atom is -0.327 e. The van der Waals surface area contributed by atoms with Gasteiger partial charge in [-0.25, -0.2) is 8.42 Å². The first-order chi connectivity index (χ1) is 7.63. The third-order valence-electron chi connectivity index (χ3n) is 3.67. The van der Waals surface area contributed by atoms with Gasteiger partial charge in [0.05, 0.1) is 10.5 Å². The molecule has 5 heteroatoms. The monoisotopic (exact) mass is 262 g/mol. The molecule has 17 heavy (non-hydrogen) atoms. The molecule has 102 valence electrons. The Hall–Kier alpha value is -0.130. The van der Waals surface area contributed by atoms with Crippen LogP contribution >= 0.6 is 0 Å². The lowest BCUT2D eigenvalue weighted by Gasteiger charge is -2.35. The first-order valence-electron chi connectivity index (χ1n) is 6.34. The van der Waals surface area contributed by atoms with Crippen molar-refractivity contribution in [1.82, 2.24) is 4.90 Å². The van der Waals surface area contributed by atoms with E-state index in [0.717, 1.165) is 19.5 Å². The van der Waals surface area contributed by atoms with E-state index in [-0.39, 0.29) is 11.8 Å². The van der Waals surface area contributed by atoms with Crippen LogP contribution in [-0.4, -0.2) is 49.5 Å². The Kier molecular flexibility index (Phi) is 4.60. The van der Waals surface area contributed by atoms with E-state index in [4.69, 9.17) is 5.73 Å². The minimum atomic E-state index is -3.00. The van der Waals surface area contributed by atoms with Crippen LogP contribution < -0.4 is 5.73 Å². The lowest BCUT2D eigenvalue weighted by molar-refractivity contribution is 0.172. The highest BCUT2D eigenvalue weighted by atomic mass is 32.2. The summed E-state index contributed by atoms with van der Waals surface area (Å²) < 4.78 is 23.3. The largest absolute Gasteiger partial charge is 0.327 e. The summed E-state index contributed by atoms with van der Waals surface area (Å²) in [6.45, 7) is 9.89. The zero-order chi connectivity index (χ0) is 13.3. The van der Waals surface area contributed by atoms with Crippen molar-refractivity contribution in [1.29, 1.82) is 0 Å². The van der Waals surface area contributed by atoms with E-state index in [9.17, 15) is 8.42 Å². The zero-order valence-corrected chi connectivity index (χ0v) is 12.3. The van der Waals surface area contributed by atoms with Gasteiger partial charge in [-0.15, -0.1) is 0 Å². The van der Waals surface area contributed by atoms with Crippen molar-refractivity contribution in [3.05, 3.63) is 0 Å². The predicted molar refractivity (Wildman–Crippen MR) is 71.7 cm³/mol. The molecule has 0 bridgehead atoms. The van der Waals surface area contributed by atoms with Gasteiger partial charge in [-0.05, 0) is 39.7 Å². The van der Waals surface area contributed by atoms with E-state index in [2.05, 4.69) is 11.8 Å². The molecule has 1 saturated heterocycles. The summed E-state index contributed by atoms with van der Waals surface area (Å²) in [6, 6.07) is 0.269. The number of piperidine rings is 1. The summed E-state index contributed by atoms with van der Waals surface area (Å²) in [7, 11) is -3.00. The maximum absolute atomic E-state index is 12.0. The Balaban J connectivity index is 2.47. The summed E-state index contributed by atoms with van der Waals surface area (Å²) in [4.78, 5) is 2.22. The lowest BCUT2D eigenvalue weighted by atomic mass is 9.95. The molecular weight excluding hydrogens is 236 g/mol. The Morgan fingerprint density at radius 2 is 1.94 bits per heavy atom. The van der Waals surface area contributed by atoms with Gasteiger partial charge in [0.15, 0.2) is 9.84 Å². The number of likely N-dealkylation sites (tertiary alicyclic amines) is 1. The Morgan fingerprint density at radius 3 is 2.41 bits per heavy atom.